The van der Waals surface area contributed by atoms with Crippen molar-refractivity contribution in [3.05, 3.63) is 87.9 Å². The molecule has 0 aromatic heterocycles. The smallest absolute Gasteiger partial charge is 0.275 e. The van der Waals surface area contributed by atoms with Gasteiger partial charge in [-0.1, -0.05) is 40.2 Å². The zero-order valence-corrected chi connectivity index (χ0v) is 16.9. The maximum absolute atomic E-state index is 12.5. The highest BCUT2D eigenvalue weighted by Gasteiger charge is 2.13. The van der Waals surface area contributed by atoms with Crippen LogP contribution in [0.3, 0.4) is 0 Å². The molecule has 0 unspecified atom stereocenters. The van der Waals surface area contributed by atoms with Crippen LogP contribution in [0.2, 0.25) is 0 Å². The van der Waals surface area contributed by atoms with Crippen LogP contribution in [0.4, 0.5) is 0 Å². The molecule has 146 valence electrons. The van der Waals surface area contributed by atoms with Crippen LogP contribution < -0.4 is 19.6 Å². The molecule has 1 N–H and O–H groups in total. The Balaban J connectivity index is 1.40. The van der Waals surface area contributed by atoms with Crippen molar-refractivity contribution in [2.45, 2.75) is 6.61 Å². The molecule has 0 atom stereocenters. The van der Waals surface area contributed by atoms with Crippen LogP contribution in [0.15, 0.2) is 76.3 Å². The number of hydrogen-bond acceptors (Lipinski definition) is 5. The molecule has 0 radical (unpaired) electrons. The molecule has 29 heavy (non-hydrogen) atoms. The molecular weight excluding hydrogens is 436 g/mol. The Labute approximate surface area is 176 Å². The minimum absolute atomic E-state index is 0.212. The molecule has 0 saturated carbocycles. The van der Waals surface area contributed by atoms with Gasteiger partial charge in [0.05, 0.1) is 11.8 Å². The molecule has 3 aromatic carbocycles. The van der Waals surface area contributed by atoms with Crippen molar-refractivity contribution in [1.82, 2.24) is 5.43 Å². The molecule has 1 amide bonds. The van der Waals surface area contributed by atoms with Gasteiger partial charge in [0.1, 0.15) is 12.4 Å². The second kappa shape index (κ2) is 8.79. The normalized spacial score (nSPS) is 12.2. The molecule has 7 heteroatoms. The predicted octanol–water partition coefficient (Wildman–Crippen LogP) is 4.52. The zero-order valence-electron chi connectivity index (χ0n) is 15.3. The first-order chi connectivity index (χ1) is 14.2. The maximum atomic E-state index is 12.5. The summed E-state index contributed by atoms with van der Waals surface area (Å²) in [5.74, 6) is 1.49. The summed E-state index contributed by atoms with van der Waals surface area (Å²) in [6.07, 6.45) is 1.55. The van der Waals surface area contributed by atoms with E-state index >= 15 is 0 Å². The van der Waals surface area contributed by atoms with Crippen LogP contribution in [0.5, 0.6) is 17.2 Å². The highest BCUT2D eigenvalue weighted by atomic mass is 79.9. The monoisotopic (exact) mass is 452 g/mol. The van der Waals surface area contributed by atoms with Crippen molar-refractivity contribution in [2.75, 3.05) is 6.79 Å². The van der Waals surface area contributed by atoms with Gasteiger partial charge in [0, 0.05) is 4.47 Å². The van der Waals surface area contributed by atoms with E-state index in [1.54, 1.807) is 36.5 Å². The van der Waals surface area contributed by atoms with Crippen molar-refractivity contribution in [3.8, 4) is 17.2 Å². The fourth-order valence-electron chi connectivity index (χ4n) is 2.74. The number of para-hydroxylation sites is 1. The van der Waals surface area contributed by atoms with E-state index in [1.165, 1.54) is 0 Å². The summed E-state index contributed by atoms with van der Waals surface area (Å²) < 4.78 is 17.4. The Morgan fingerprint density at radius 3 is 2.72 bits per heavy atom. The fourth-order valence-corrected chi connectivity index (χ4v) is 3.01. The summed E-state index contributed by atoms with van der Waals surface area (Å²) in [5, 5.41) is 4.03. The third kappa shape index (κ3) is 4.75. The van der Waals surface area contributed by atoms with Crippen molar-refractivity contribution < 1.29 is 19.0 Å². The van der Waals surface area contributed by atoms with Crippen molar-refractivity contribution in [3.63, 3.8) is 0 Å². The van der Waals surface area contributed by atoms with Crippen LogP contribution >= 0.6 is 15.9 Å². The summed E-state index contributed by atoms with van der Waals surface area (Å²) in [6.45, 7) is 0.571. The molecule has 0 aliphatic carbocycles. The topological polar surface area (TPSA) is 69.2 Å². The lowest BCUT2D eigenvalue weighted by Crippen LogP contribution is -2.18. The largest absolute Gasteiger partial charge is 0.488 e. The maximum Gasteiger partial charge on any atom is 0.275 e. The van der Waals surface area contributed by atoms with Gasteiger partial charge in [-0.2, -0.15) is 5.10 Å². The van der Waals surface area contributed by atoms with E-state index in [-0.39, 0.29) is 12.7 Å². The Morgan fingerprint density at radius 2 is 1.86 bits per heavy atom. The molecule has 6 nitrogen and oxygen atoms in total. The number of nitrogens with one attached hydrogen (secondary N) is 1. The summed E-state index contributed by atoms with van der Waals surface area (Å²) >= 11 is 3.41. The summed E-state index contributed by atoms with van der Waals surface area (Å²) in [6, 6.07) is 20.3. The number of ether oxygens (including phenoxy) is 3. The summed E-state index contributed by atoms with van der Waals surface area (Å²) in [4.78, 5) is 12.5. The fraction of sp³-hybridized carbons (Fsp3) is 0.0909. The highest BCUT2D eigenvalue weighted by molar-refractivity contribution is 9.10. The van der Waals surface area contributed by atoms with E-state index in [2.05, 4.69) is 26.5 Å². The molecule has 1 aliphatic heterocycles. The quantitative estimate of drug-likeness (QED) is 0.440. The van der Waals surface area contributed by atoms with E-state index in [0.717, 1.165) is 15.6 Å². The number of carbonyl (C=O) groups is 1. The minimum Gasteiger partial charge on any atom is -0.488 e. The van der Waals surface area contributed by atoms with Crippen LogP contribution in [0.25, 0.3) is 0 Å². The molecule has 0 saturated heterocycles. The molecular formula is C22H17BrN2O4. The Morgan fingerprint density at radius 1 is 1.07 bits per heavy atom. The van der Waals surface area contributed by atoms with E-state index in [1.807, 2.05) is 36.4 Å². The van der Waals surface area contributed by atoms with Crippen LogP contribution in [-0.2, 0) is 6.61 Å². The molecule has 0 fully saturated rings. The van der Waals surface area contributed by atoms with Crippen molar-refractivity contribution >= 4 is 28.1 Å². The van der Waals surface area contributed by atoms with Crippen LogP contribution in [0, 0.1) is 0 Å². The lowest BCUT2D eigenvalue weighted by molar-refractivity contribution is 0.0950. The first-order valence-corrected chi connectivity index (χ1v) is 9.68. The number of halogens is 1. The van der Waals surface area contributed by atoms with Gasteiger partial charge in [-0.05, 0) is 53.6 Å². The standard InChI is InChI=1S/C22H17BrN2O4/c23-17-8-5-15(6-9-17)13-27-19-4-2-1-3-18(19)22(26)25-24-12-16-7-10-20-21(11-16)29-14-28-20/h1-12H,13-14H2,(H,25,26)/b24-12+. The number of benzene rings is 3. The number of rotatable bonds is 6. The molecule has 0 bridgehead atoms. The van der Waals surface area contributed by atoms with Gasteiger partial charge in [-0.15, -0.1) is 0 Å². The number of amides is 1. The van der Waals surface area contributed by atoms with Gasteiger partial charge >= 0.3 is 0 Å². The number of fused-ring (bicyclic) bond motifs is 1. The first-order valence-electron chi connectivity index (χ1n) is 8.88. The third-order valence-corrected chi connectivity index (χ3v) is 4.74. The number of hydrazone groups is 1. The molecule has 0 spiro atoms. The average molecular weight is 453 g/mol. The van der Waals surface area contributed by atoms with Crippen molar-refractivity contribution in [1.29, 1.82) is 0 Å². The van der Waals surface area contributed by atoms with Gasteiger partial charge in [-0.25, -0.2) is 5.43 Å². The second-order valence-electron chi connectivity index (χ2n) is 6.22. The minimum atomic E-state index is -0.353. The molecule has 3 aromatic rings. The molecule has 1 heterocycles. The molecule has 1 aliphatic rings. The van der Waals surface area contributed by atoms with E-state index in [0.29, 0.717) is 29.4 Å². The van der Waals surface area contributed by atoms with Crippen molar-refractivity contribution in [2.24, 2.45) is 5.10 Å². The van der Waals surface area contributed by atoms with E-state index < -0.39 is 0 Å². The van der Waals surface area contributed by atoms with Gasteiger partial charge in [0.15, 0.2) is 11.5 Å². The number of carbonyl (C=O) groups excluding carboxylic acids is 1. The average Bonchev–Trinajstić information content (AvgIpc) is 3.21. The Hall–Kier alpha value is -3.32. The van der Waals surface area contributed by atoms with Crippen LogP contribution in [-0.4, -0.2) is 18.9 Å². The molecule has 4 rings (SSSR count). The van der Waals surface area contributed by atoms with Gasteiger partial charge in [0.2, 0.25) is 6.79 Å². The Kier molecular flexibility index (Phi) is 5.76. The number of hydrogen-bond donors (Lipinski definition) is 1. The lowest BCUT2D eigenvalue weighted by atomic mass is 10.2. The second-order valence-corrected chi connectivity index (χ2v) is 7.14. The van der Waals surface area contributed by atoms with E-state index in [4.69, 9.17) is 14.2 Å². The number of nitrogens with zero attached hydrogens (tertiary/aromatic N) is 1. The zero-order chi connectivity index (χ0) is 20.1. The predicted molar refractivity (Wildman–Crippen MR) is 113 cm³/mol. The van der Waals surface area contributed by atoms with Gasteiger partial charge < -0.3 is 14.2 Å². The summed E-state index contributed by atoms with van der Waals surface area (Å²) in [7, 11) is 0. The lowest BCUT2D eigenvalue weighted by Gasteiger charge is -2.10. The van der Waals surface area contributed by atoms with E-state index in [9.17, 15) is 4.79 Å². The van der Waals surface area contributed by atoms with Gasteiger partial charge in [-0.3, -0.25) is 4.79 Å². The van der Waals surface area contributed by atoms with Gasteiger partial charge in [0.25, 0.3) is 5.91 Å². The first kappa shape index (κ1) is 19.0. The SMILES string of the molecule is O=C(N/N=C/c1ccc2c(c1)OCO2)c1ccccc1OCc1ccc(Br)cc1. The Bertz CT molecular complexity index is 1050. The summed E-state index contributed by atoms with van der Waals surface area (Å²) in [5.41, 5.74) is 4.73. The van der Waals surface area contributed by atoms with Crippen LogP contribution in [0.1, 0.15) is 21.5 Å². The highest BCUT2D eigenvalue weighted by Crippen LogP contribution is 2.32. The third-order valence-electron chi connectivity index (χ3n) is 4.22.